The number of aromatic nitrogens is 3. The standard InChI is InChI=1S/C19H19N5O2/c1-11-9-12(2)20-16-15(11)17(23-22-16)21-18(25)19(26)24-8-7-13-5-3-4-6-14(13)10-24/h3-6,9H,7-8,10H2,1-2H3,(H2,20,21,22,23,25). The summed E-state index contributed by atoms with van der Waals surface area (Å²) in [7, 11) is 0. The van der Waals surface area contributed by atoms with Gasteiger partial charge in [0.1, 0.15) is 0 Å². The van der Waals surface area contributed by atoms with Crippen LogP contribution in [0.2, 0.25) is 0 Å². The van der Waals surface area contributed by atoms with E-state index in [0.717, 1.165) is 28.6 Å². The highest BCUT2D eigenvalue weighted by molar-refractivity contribution is 6.40. The van der Waals surface area contributed by atoms with Crippen molar-refractivity contribution in [3.8, 4) is 0 Å². The number of nitrogens with one attached hydrogen (secondary N) is 2. The third-order valence-corrected chi connectivity index (χ3v) is 4.70. The molecular formula is C19H19N5O2. The molecule has 1 aromatic carbocycles. The second-order valence-corrected chi connectivity index (χ2v) is 6.58. The maximum Gasteiger partial charge on any atom is 0.315 e. The number of hydrogen-bond acceptors (Lipinski definition) is 4. The first-order valence-electron chi connectivity index (χ1n) is 8.52. The number of aromatic amines is 1. The normalized spacial score (nSPS) is 13.5. The van der Waals surface area contributed by atoms with Crippen LogP contribution in [0.25, 0.3) is 11.0 Å². The van der Waals surface area contributed by atoms with Gasteiger partial charge in [-0.1, -0.05) is 24.3 Å². The molecule has 0 saturated heterocycles. The molecule has 1 aliphatic rings. The molecule has 26 heavy (non-hydrogen) atoms. The second-order valence-electron chi connectivity index (χ2n) is 6.58. The zero-order valence-corrected chi connectivity index (χ0v) is 14.7. The Morgan fingerprint density at radius 2 is 1.96 bits per heavy atom. The average molecular weight is 349 g/mol. The van der Waals surface area contributed by atoms with Crippen molar-refractivity contribution in [2.24, 2.45) is 0 Å². The number of rotatable bonds is 1. The monoisotopic (exact) mass is 349 g/mol. The first-order valence-corrected chi connectivity index (χ1v) is 8.52. The number of carbonyl (C=O) groups is 2. The Labute approximate surface area is 150 Å². The topological polar surface area (TPSA) is 91.0 Å². The summed E-state index contributed by atoms with van der Waals surface area (Å²) in [6.07, 6.45) is 0.753. The van der Waals surface area contributed by atoms with Crippen LogP contribution in [0.4, 0.5) is 5.82 Å². The van der Waals surface area contributed by atoms with Crippen molar-refractivity contribution in [1.29, 1.82) is 0 Å². The lowest BCUT2D eigenvalue weighted by Crippen LogP contribution is -2.42. The van der Waals surface area contributed by atoms with Crippen LogP contribution in [-0.4, -0.2) is 38.4 Å². The molecule has 0 radical (unpaired) electrons. The van der Waals surface area contributed by atoms with Gasteiger partial charge >= 0.3 is 11.8 Å². The third-order valence-electron chi connectivity index (χ3n) is 4.70. The third kappa shape index (κ3) is 2.81. The molecular weight excluding hydrogens is 330 g/mol. The van der Waals surface area contributed by atoms with E-state index in [4.69, 9.17) is 0 Å². The van der Waals surface area contributed by atoms with Crippen molar-refractivity contribution in [2.45, 2.75) is 26.8 Å². The van der Waals surface area contributed by atoms with E-state index in [1.807, 2.05) is 38.1 Å². The van der Waals surface area contributed by atoms with Gasteiger partial charge in [-0.15, -0.1) is 0 Å². The fraction of sp³-hybridized carbons (Fsp3) is 0.263. The van der Waals surface area contributed by atoms with Gasteiger partial charge in [-0.25, -0.2) is 4.98 Å². The SMILES string of the molecule is Cc1cc(C)c2c(NC(=O)C(=O)N3CCc4ccccc4C3)n[nH]c2n1. The Hall–Kier alpha value is -3.22. The molecule has 0 bridgehead atoms. The Balaban J connectivity index is 1.53. The Morgan fingerprint density at radius 1 is 1.19 bits per heavy atom. The van der Waals surface area contributed by atoms with Gasteiger partial charge in [-0.2, -0.15) is 5.10 Å². The van der Waals surface area contributed by atoms with Gasteiger partial charge in [0, 0.05) is 18.8 Å². The molecule has 0 aliphatic carbocycles. The van der Waals surface area contributed by atoms with E-state index in [0.29, 0.717) is 24.6 Å². The van der Waals surface area contributed by atoms with Gasteiger partial charge in [0.15, 0.2) is 11.5 Å². The van der Waals surface area contributed by atoms with E-state index in [-0.39, 0.29) is 0 Å². The van der Waals surface area contributed by atoms with Crippen LogP contribution in [-0.2, 0) is 22.6 Å². The first kappa shape index (κ1) is 16.3. The number of nitrogens with zero attached hydrogens (tertiary/aromatic N) is 3. The second kappa shape index (κ2) is 6.25. The molecule has 3 heterocycles. The van der Waals surface area contributed by atoms with E-state index in [1.54, 1.807) is 4.90 Å². The van der Waals surface area contributed by atoms with E-state index in [9.17, 15) is 9.59 Å². The Morgan fingerprint density at radius 3 is 2.77 bits per heavy atom. The summed E-state index contributed by atoms with van der Waals surface area (Å²) >= 11 is 0. The van der Waals surface area contributed by atoms with Crippen molar-refractivity contribution in [3.63, 3.8) is 0 Å². The van der Waals surface area contributed by atoms with E-state index < -0.39 is 11.8 Å². The van der Waals surface area contributed by atoms with E-state index in [1.165, 1.54) is 5.56 Å². The molecule has 4 rings (SSSR count). The first-order chi connectivity index (χ1) is 12.5. The Kier molecular flexibility index (Phi) is 3.91. The molecule has 0 atom stereocenters. The van der Waals surface area contributed by atoms with Crippen molar-refractivity contribution >= 4 is 28.7 Å². The largest absolute Gasteiger partial charge is 0.330 e. The zero-order valence-electron chi connectivity index (χ0n) is 14.7. The van der Waals surface area contributed by atoms with E-state index >= 15 is 0 Å². The minimum Gasteiger partial charge on any atom is -0.330 e. The molecule has 2 N–H and O–H groups in total. The summed E-state index contributed by atoms with van der Waals surface area (Å²) in [6.45, 7) is 4.79. The molecule has 0 spiro atoms. The lowest BCUT2D eigenvalue weighted by Gasteiger charge is -2.28. The number of fused-ring (bicyclic) bond motifs is 2. The Bertz CT molecular complexity index is 1020. The van der Waals surface area contributed by atoms with E-state index in [2.05, 4.69) is 26.6 Å². The summed E-state index contributed by atoms with van der Waals surface area (Å²) in [5.74, 6) is -0.896. The number of H-pyrrole nitrogens is 1. The predicted octanol–water partition coefficient (Wildman–Crippen LogP) is 2.10. The molecule has 0 fully saturated rings. The summed E-state index contributed by atoms with van der Waals surface area (Å²) in [6, 6.07) is 9.90. The molecule has 132 valence electrons. The number of benzene rings is 1. The zero-order chi connectivity index (χ0) is 18.3. The molecule has 7 heteroatoms. The van der Waals surface area contributed by atoms with Crippen LogP contribution in [0.15, 0.2) is 30.3 Å². The van der Waals surface area contributed by atoms with Crippen LogP contribution >= 0.6 is 0 Å². The van der Waals surface area contributed by atoms with Gasteiger partial charge < -0.3 is 10.2 Å². The highest BCUT2D eigenvalue weighted by Crippen LogP contribution is 2.24. The van der Waals surface area contributed by atoms with Crippen LogP contribution in [0.5, 0.6) is 0 Å². The highest BCUT2D eigenvalue weighted by atomic mass is 16.2. The minimum atomic E-state index is -0.683. The van der Waals surface area contributed by atoms with Gasteiger partial charge in [-0.3, -0.25) is 14.7 Å². The smallest absolute Gasteiger partial charge is 0.315 e. The molecule has 1 aliphatic heterocycles. The van der Waals surface area contributed by atoms with Crippen molar-refractivity contribution in [1.82, 2.24) is 20.1 Å². The van der Waals surface area contributed by atoms with Crippen LogP contribution in [0, 0.1) is 13.8 Å². The molecule has 0 unspecified atom stereocenters. The number of aryl methyl sites for hydroxylation is 2. The minimum absolute atomic E-state index is 0.334. The number of amides is 2. The average Bonchev–Trinajstić information content (AvgIpc) is 3.03. The number of pyridine rings is 1. The van der Waals surface area contributed by atoms with Gasteiger partial charge in [0.05, 0.1) is 5.39 Å². The van der Waals surface area contributed by atoms with Crippen molar-refractivity contribution in [2.75, 3.05) is 11.9 Å². The van der Waals surface area contributed by atoms with Crippen LogP contribution in [0.1, 0.15) is 22.4 Å². The summed E-state index contributed by atoms with van der Waals surface area (Å²) in [5.41, 5.74) is 4.71. The summed E-state index contributed by atoms with van der Waals surface area (Å²) < 4.78 is 0. The molecule has 3 aromatic rings. The van der Waals surface area contributed by atoms with Crippen LogP contribution in [0.3, 0.4) is 0 Å². The maximum absolute atomic E-state index is 12.6. The fourth-order valence-electron chi connectivity index (χ4n) is 3.45. The maximum atomic E-state index is 12.6. The van der Waals surface area contributed by atoms with Crippen LogP contribution < -0.4 is 5.32 Å². The molecule has 7 nitrogen and oxygen atoms in total. The number of anilines is 1. The molecule has 0 saturated carbocycles. The number of hydrogen-bond donors (Lipinski definition) is 2. The lowest BCUT2D eigenvalue weighted by atomic mass is 10.00. The fourth-order valence-corrected chi connectivity index (χ4v) is 3.45. The number of carbonyl (C=O) groups excluding carboxylic acids is 2. The van der Waals surface area contributed by atoms with Gasteiger partial charge in [0.2, 0.25) is 0 Å². The lowest BCUT2D eigenvalue weighted by molar-refractivity contribution is -0.143. The molecule has 2 aromatic heterocycles. The summed E-state index contributed by atoms with van der Waals surface area (Å²) in [4.78, 5) is 31.0. The quantitative estimate of drug-likeness (QED) is 0.658. The molecule has 2 amide bonds. The highest BCUT2D eigenvalue weighted by Gasteiger charge is 2.26. The van der Waals surface area contributed by atoms with Gasteiger partial charge in [0.25, 0.3) is 0 Å². The predicted molar refractivity (Wildman–Crippen MR) is 97.6 cm³/mol. The van der Waals surface area contributed by atoms with Gasteiger partial charge in [-0.05, 0) is 43.0 Å². The van der Waals surface area contributed by atoms with Crippen molar-refractivity contribution < 1.29 is 9.59 Å². The van der Waals surface area contributed by atoms with Crippen molar-refractivity contribution in [3.05, 3.63) is 52.7 Å². The summed E-state index contributed by atoms with van der Waals surface area (Å²) in [5, 5.41) is 10.3.